The van der Waals surface area contributed by atoms with E-state index >= 15 is 0 Å². The van der Waals surface area contributed by atoms with Crippen LogP contribution in [0.1, 0.15) is 10.4 Å². The maximum Gasteiger partial charge on any atom is 0.267 e. The van der Waals surface area contributed by atoms with Crippen molar-refractivity contribution in [3.8, 4) is 5.75 Å². The van der Waals surface area contributed by atoms with Gasteiger partial charge in [0, 0.05) is 6.07 Å². The number of hydrogen-bond acceptors (Lipinski definition) is 4. The molecule has 0 saturated heterocycles. The zero-order valence-corrected chi connectivity index (χ0v) is 10.5. The summed E-state index contributed by atoms with van der Waals surface area (Å²) in [6.45, 7) is 0. The minimum absolute atomic E-state index is 0.00699. The Morgan fingerprint density at radius 2 is 2.06 bits per heavy atom. The first-order valence-electron chi connectivity index (χ1n) is 4.29. The zero-order chi connectivity index (χ0) is 13.2. The Hall–Kier alpha value is -1.34. The number of hydrogen-bond donors (Lipinski definition) is 1. The van der Waals surface area contributed by atoms with Crippen LogP contribution in [0.25, 0.3) is 0 Å². The van der Waals surface area contributed by atoms with Gasteiger partial charge in [-0.2, -0.15) is 0 Å². The fourth-order valence-corrected chi connectivity index (χ4v) is 1.77. The second kappa shape index (κ2) is 4.89. The Bertz CT molecular complexity index is 558. The van der Waals surface area contributed by atoms with Gasteiger partial charge in [0.2, 0.25) is 10.0 Å². The predicted molar refractivity (Wildman–Crippen MR) is 60.3 cm³/mol. The van der Waals surface area contributed by atoms with Crippen molar-refractivity contribution in [3.63, 3.8) is 0 Å². The molecule has 0 unspecified atom stereocenters. The summed E-state index contributed by atoms with van der Waals surface area (Å²) >= 11 is 5.70. The molecule has 0 bridgehead atoms. The number of halogens is 2. The average molecular weight is 282 g/mol. The Balaban J connectivity index is 3.16. The Kier molecular flexibility index (Phi) is 3.94. The van der Waals surface area contributed by atoms with Crippen LogP contribution >= 0.6 is 11.6 Å². The highest BCUT2D eigenvalue weighted by Crippen LogP contribution is 2.27. The largest absolute Gasteiger partial charge is 0.495 e. The SMILES string of the molecule is COc1cc(F)c(C(=O)NS(C)(=O)=O)cc1Cl. The number of sulfonamides is 1. The lowest BCUT2D eigenvalue weighted by molar-refractivity contribution is 0.0977. The first kappa shape index (κ1) is 13.7. The summed E-state index contributed by atoms with van der Waals surface area (Å²) in [5, 5.41) is 0.00699. The number of amides is 1. The normalized spacial score (nSPS) is 11.1. The monoisotopic (exact) mass is 281 g/mol. The van der Waals surface area contributed by atoms with Crippen molar-refractivity contribution in [2.75, 3.05) is 13.4 Å². The van der Waals surface area contributed by atoms with Crippen LogP contribution in [0.5, 0.6) is 5.75 Å². The van der Waals surface area contributed by atoms with Crippen molar-refractivity contribution in [1.29, 1.82) is 0 Å². The van der Waals surface area contributed by atoms with Crippen LogP contribution in [0.2, 0.25) is 5.02 Å². The summed E-state index contributed by atoms with van der Waals surface area (Å²) in [6.07, 6.45) is 0.786. The van der Waals surface area contributed by atoms with Crippen molar-refractivity contribution in [3.05, 3.63) is 28.5 Å². The summed E-state index contributed by atoms with van der Waals surface area (Å²) < 4.78 is 41.5. The van der Waals surface area contributed by atoms with Crippen molar-refractivity contribution in [2.24, 2.45) is 0 Å². The number of nitrogens with one attached hydrogen (secondary N) is 1. The third-order valence-corrected chi connectivity index (χ3v) is 2.62. The highest BCUT2D eigenvalue weighted by atomic mass is 35.5. The van der Waals surface area contributed by atoms with Gasteiger partial charge in [0.05, 0.1) is 24.0 Å². The quantitative estimate of drug-likeness (QED) is 0.903. The molecular weight excluding hydrogens is 273 g/mol. The molecule has 0 saturated carbocycles. The van der Waals surface area contributed by atoms with E-state index in [9.17, 15) is 17.6 Å². The molecule has 94 valence electrons. The molecule has 1 rings (SSSR count). The summed E-state index contributed by atoms with van der Waals surface area (Å²) in [6, 6.07) is 1.90. The molecule has 0 aliphatic rings. The van der Waals surface area contributed by atoms with Crippen LogP contribution in [-0.2, 0) is 10.0 Å². The Labute approximate surface area is 103 Å². The third-order valence-electron chi connectivity index (χ3n) is 1.76. The van der Waals surface area contributed by atoms with E-state index < -0.39 is 27.3 Å². The highest BCUT2D eigenvalue weighted by Gasteiger charge is 2.18. The van der Waals surface area contributed by atoms with Crippen LogP contribution < -0.4 is 9.46 Å². The molecule has 1 aromatic rings. The first-order chi connectivity index (χ1) is 7.74. The minimum atomic E-state index is -3.76. The molecule has 5 nitrogen and oxygen atoms in total. The van der Waals surface area contributed by atoms with Gasteiger partial charge >= 0.3 is 0 Å². The summed E-state index contributed by atoms with van der Waals surface area (Å²) in [7, 11) is -2.47. The van der Waals surface area contributed by atoms with Gasteiger partial charge in [-0.3, -0.25) is 4.79 Å². The van der Waals surface area contributed by atoms with Gasteiger partial charge in [0.15, 0.2) is 0 Å². The maximum absolute atomic E-state index is 13.4. The standard InChI is InChI=1S/C9H9ClFNO4S/c1-16-8-4-7(11)5(3-6(8)10)9(13)12-17(2,14)15/h3-4H,1-2H3,(H,12,13). The number of carbonyl (C=O) groups excluding carboxylic acids is 1. The van der Waals surface area contributed by atoms with E-state index in [0.29, 0.717) is 0 Å². The molecule has 0 aliphatic carbocycles. The average Bonchev–Trinajstić information content (AvgIpc) is 2.18. The molecule has 0 heterocycles. The van der Waals surface area contributed by atoms with E-state index in [2.05, 4.69) is 0 Å². The van der Waals surface area contributed by atoms with Gasteiger partial charge in [0.25, 0.3) is 5.91 Å². The van der Waals surface area contributed by atoms with Crippen LogP contribution in [0.15, 0.2) is 12.1 Å². The van der Waals surface area contributed by atoms with E-state index in [-0.39, 0.29) is 10.8 Å². The second-order valence-corrected chi connectivity index (χ2v) is 5.33. The van der Waals surface area contributed by atoms with Gasteiger partial charge in [0.1, 0.15) is 11.6 Å². The van der Waals surface area contributed by atoms with Crippen LogP contribution in [-0.4, -0.2) is 27.7 Å². The number of ether oxygens (including phenoxy) is 1. The molecule has 0 aromatic heterocycles. The lowest BCUT2D eigenvalue weighted by Crippen LogP contribution is -2.30. The first-order valence-corrected chi connectivity index (χ1v) is 6.56. The van der Waals surface area contributed by atoms with Crippen molar-refractivity contribution in [1.82, 2.24) is 4.72 Å². The molecule has 1 amide bonds. The van der Waals surface area contributed by atoms with Gasteiger partial charge in [-0.1, -0.05) is 11.6 Å². The zero-order valence-electron chi connectivity index (χ0n) is 8.95. The predicted octanol–water partition coefficient (Wildman–Crippen LogP) is 1.18. The van der Waals surface area contributed by atoms with Gasteiger partial charge in [-0.25, -0.2) is 17.5 Å². The van der Waals surface area contributed by atoms with E-state index in [1.165, 1.54) is 7.11 Å². The van der Waals surface area contributed by atoms with Gasteiger partial charge in [-0.05, 0) is 6.07 Å². The highest BCUT2D eigenvalue weighted by molar-refractivity contribution is 7.89. The summed E-state index contributed by atoms with van der Waals surface area (Å²) in [5.74, 6) is -1.96. The van der Waals surface area contributed by atoms with Crippen molar-refractivity contribution in [2.45, 2.75) is 0 Å². The number of benzene rings is 1. The van der Waals surface area contributed by atoms with E-state index in [0.717, 1.165) is 18.4 Å². The molecule has 0 radical (unpaired) electrons. The minimum Gasteiger partial charge on any atom is -0.495 e. The van der Waals surface area contributed by atoms with E-state index in [1.807, 2.05) is 0 Å². The van der Waals surface area contributed by atoms with Crippen LogP contribution in [0, 0.1) is 5.82 Å². The molecule has 8 heteroatoms. The second-order valence-electron chi connectivity index (χ2n) is 3.17. The number of methoxy groups -OCH3 is 1. The topological polar surface area (TPSA) is 72.5 Å². The Morgan fingerprint density at radius 1 is 1.47 bits per heavy atom. The maximum atomic E-state index is 13.4. The molecule has 0 spiro atoms. The van der Waals surface area contributed by atoms with Crippen LogP contribution in [0.3, 0.4) is 0 Å². The van der Waals surface area contributed by atoms with Gasteiger partial charge in [-0.15, -0.1) is 0 Å². The molecule has 0 aliphatic heterocycles. The summed E-state index contributed by atoms with van der Waals surface area (Å²) in [4.78, 5) is 11.4. The summed E-state index contributed by atoms with van der Waals surface area (Å²) in [5.41, 5.74) is -0.471. The molecule has 1 aromatic carbocycles. The number of rotatable bonds is 3. The molecule has 17 heavy (non-hydrogen) atoms. The van der Waals surface area contributed by atoms with Crippen molar-refractivity contribution >= 4 is 27.5 Å². The smallest absolute Gasteiger partial charge is 0.267 e. The Morgan fingerprint density at radius 3 is 2.53 bits per heavy atom. The van der Waals surface area contributed by atoms with E-state index in [1.54, 1.807) is 4.72 Å². The lowest BCUT2D eigenvalue weighted by atomic mass is 10.2. The molecule has 0 atom stereocenters. The van der Waals surface area contributed by atoms with Crippen LogP contribution in [0.4, 0.5) is 4.39 Å². The fraction of sp³-hybridized carbons (Fsp3) is 0.222. The molecule has 0 fully saturated rings. The number of carbonyl (C=O) groups is 1. The molecule has 1 N–H and O–H groups in total. The fourth-order valence-electron chi connectivity index (χ4n) is 1.08. The van der Waals surface area contributed by atoms with Crippen molar-refractivity contribution < 1.29 is 22.3 Å². The lowest BCUT2D eigenvalue weighted by Gasteiger charge is -2.07. The van der Waals surface area contributed by atoms with Gasteiger partial charge < -0.3 is 4.74 Å². The van der Waals surface area contributed by atoms with E-state index in [4.69, 9.17) is 16.3 Å². The molecular formula is C9H9ClFNO4S. The third kappa shape index (κ3) is 3.57.